The van der Waals surface area contributed by atoms with Gasteiger partial charge in [-0.1, -0.05) is 28.1 Å². The third kappa shape index (κ3) is 4.58. The van der Waals surface area contributed by atoms with Crippen molar-refractivity contribution in [3.63, 3.8) is 0 Å². The monoisotopic (exact) mass is 411 g/mol. The van der Waals surface area contributed by atoms with Crippen molar-refractivity contribution in [2.75, 3.05) is 20.2 Å². The van der Waals surface area contributed by atoms with E-state index in [1.54, 1.807) is 18.0 Å². The number of rotatable bonds is 5. The van der Waals surface area contributed by atoms with Crippen molar-refractivity contribution >= 4 is 37.8 Å². The van der Waals surface area contributed by atoms with Gasteiger partial charge < -0.3 is 9.64 Å². The molecule has 0 bridgehead atoms. The van der Waals surface area contributed by atoms with E-state index in [1.165, 1.54) is 0 Å². The first-order valence-electron chi connectivity index (χ1n) is 6.46. The SMILES string of the molecule is CN(CCOc1ccc(Br)cc1)C(=O)c1ccccc1Br. The summed E-state index contributed by atoms with van der Waals surface area (Å²) < 4.78 is 7.43. The molecule has 0 heterocycles. The van der Waals surface area contributed by atoms with Crippen molar-refractivity contribution in [1.82, 2.24) is 4.90 Å². The van der Waals surface area contributed by atoms with Crippen LogP contribution in [0.2, 0.25) is 0 Å². The van der Waals surface area contributed by atoms with Crippen LogP contribution in [0.3, 0.4) is 0 Å². The van der Waals surface area contributed by atoms with Gasteiger partial charge in [0.15, 0.2) is 0 Å². The molecule has 0 spiro atoms. The molecule has 0 saturated heterocycles. The van der Waals surface area contributed by atoms with Gasteiger partial charge in [0, 0.05) is 16.0 Å². The van der Waals surface area contributed by atoms with E-state index in [-0.39, 0.29) is 5.91 Å². The van der Waals surface area contributed by atoms with Crippen molar-refractivity contribution in [2.45, 2.75) is 0 Å². The standard InChI is InChI=1S/C16H15Br2NO2/c1-19(16(20)14-4-2-3-5-15(14)18)10-11-21-13-8-6-12(17)7-9-13/h2-9H,10-11H2,1H3. The maximum Gasteiger partial charge on any atom is 0.254 e. The highest BCUT2D eigenvalue weighted by Crippen LogP contribution is 2.18. The van der Waals surface area contributed by atoms with Crippen LogP contribution < -0.4 is 4.74 Å². The second-order valence-corrected chi connectivity index (χ2v) is 6.28. The Morgan fingerprint density at radius 2 is 1.76 bits per heavy atom. The molecule has 0 aliphatic heterocycles. The van der Waals surface area contributed by atoms with Crippen LogP contribution in [0.15, 0.2) is 57.5 Å². The summed E-state index contributed by atoms with van der Waals surface area (Å²) in [7, 11) is 1.77. The van der Waals surface area contributed by atoms with Crippen LogP contribution >= 0.6 is 31.9 Å². The van der Waals surface area contributed by atoms with Crippen LogP contribution in [0.1, 0.15) is 10.4 Å². The minimum absolute atomic E-state index is 0.0260. The highest BCUT2D eigenvalue weighted by Gasteiger charge is 2.14. The summed E-state index contributed by atoms with van der Waals surface area (Å²) >= 11 is 6.77. The number of carbonyl (C=O) groups excluding carboxylic acids is 1. The van der Waals surface area contributed by atoms with Gasteiger partial charge in [-0.2, -0.15) is 0 Å². The average molecular weight is 413 g/mol. The van der Waals surface area contributed by atoms with Crippen molar-refractivity contribution in [1.29, 1.82) is 0 Å². The van der Waals surface area contributed by atoms with Crippen LogP contribution in [-0.4, -0.2) is 31.0 Å². The summed E-state index contributed by atoms with van der Waals surface area (Å²) in [5.74, 6) is 0.766. The topological polar surface area (TPSA) is 29.5 Å². The molecule has 1 amide bonds. The van der Waals surface area contributed by atoms with Crippen LogP contribution in [-0.2, 0) is 0 Å². The molecule has 0 saturated carbocycles. The van der Waals surface area contributed by atoms with E-state index in [2.05, 4.69) is 31.9 Å². The molecule has 0 aliphatic rings. The molecule has 3 nitrogen and oxygen atoms in total. The molecule has 0 N–H and O–H groups in total. The van der Waals surface area contributed by atoms with E-state index in [4.69, 9.17) is 4.74 Å². The quantitative estimate of drug-likeness (QED) is 0.729. The van der Waals surface area contributed by atoms with E-state index in [0.717, 1.165) is 14.7 Å². The minimum atomic E-state index is -0.0260. The predicted molar refractivity (Wildman–Crippen MR) is 90.7 cm³/mol. The molecule has 110 valence electrons. The molecular weight excluding hydrogens is 398 g/mol. The fourth-order valence-electron chi connectivity index (χ4n) is 1.77. The fraction of sp³-hybridized carbons (Fsp3) is 0.188. The fourth-order valence-corrected chi connectivity index (χ4v) is 2.49. The van der Waals surface area contributed by atoms with E-state index in [0.29, 0.717) is 18.7 Å². The van der Waals surface area contributed by atoms with Gasteiger partial charge in [-0.25, -0.2) is 0 Å². The maximum absolute atomic E-state index is 12.3. The molecule has 2 aromatic rings. The molecule has 2 aromatic carbocycles. The Morgan fingerprint density at radius 1 is 1.10 bits per heavy atom. The molecular formula is C16H15Br2NO2. The average Bonchev–Trinajstić information content (AvgIpc) is 2.49. The smallest absolute Gasteiger partial charge is 0.254 e. The minimum Gasteiger partial charge on any atom is -0.492 e. The van der Waals surface area contributed by atoms with Gasteiger partial charge >= 0.3 is 0 Å². The first-order valence-corrected chi connectivity index (χ1v) is 8.05. The number of benzene rings is 2. The molecule has 0 aromatic heterocycles. The van der Waals surface area contributed by atoms with E-state index in [1.807, 2.05) is 42.5 Å². The lowest BCUT2D eigenvalue weighted by atomic mass is 10.2. The lowest BCUT2D eigenvalue weighted by Gasteiger charge is -2.18. The van der Waals surface area contributed by atoms with Crippen LogP contribution in [0.4, 0.5) is 0 Å². The highest BCUT2D eigenvalue weighted by molar-refractivity contribution is 9.10. The molecule has 0 fully saturated rings. The molecule has 21 heavy (non-hydrogen) atoms. The number of likely N-dealkylation sites (N-methyl/N-ethyl adjacent to an activating group) is 1. The maximum atomic E-state index is 12.3. The van der Waals surface area contributed by atoms with E-state index >= 15 is 0 Å². The molecule has 0 aliphatic carbocycles. The summed E-state index contributed by atoms with van der Waals surface area (Å²) in [5, 5.41) is 0. The van der Waals surface area contributed by atoms with Gasteiger partial charge in [-0.15, -0.1) is 0 Å². The zero-order valence-corrected chi connectivity index (χ0v) is 14.7. The number of amides is 1. The summed E-state index contributed by atoms with van der Waals surface area (Å²) in [4.78, 5) is 13.9. The summed E-state index contributed by atoms with van der Waals surface area (Å²) in [5.41, 5.74) is 0.656. The van der Waals surface area contributed by atoms with Crippen molar-refractivity contribution in [3.05, 3.63) is 63.0 Å². The van der Waals surface area contributed by atoms with Gasteiger partial charge in [0.05, 0.1) is 12.1 Å². The van der Waals surface area contributed by atoms with Crippen molar-refractivity contribution < 1.29 is 9.53 Å². The Labute approximate surface area is 141 Å². The largest absolute Gasteiger partial charge is 0.492 e. The van der Waals surface area contributed by atoms with Crippen LogP contribution in [0, 0.1) is 0 Å². The second kappa shape index (κ2) is 7.61. The summed E-state index contributed by atoms with van der Waals surface area (Å²) in [6.45, 7) is 0.977. The Morgan fingerprint density at radius 3 is 2.43 bits per heavy atom. The van der Waals surface area contributed by atoms with Crippen LogP contribution in [0.5, 0.6) is 5.75 Å². The Hall–Kier alpha value is -1.33. The zero-order chi connectivity index (χ0) is 15.2. The lowest BCUT2D eigenvalue weighted by molar-refractivity contribution is 0.0773. The van der Waals surface area contributed by atoms with Crippen molar-refractivity contribution in [2.24, 2.45) is 0 Å². The molecule has 0 atom stereocenters. The number of halogens is 2. The Balaban J connectivity index is 1.87. The van der Waals surface area contributed by atoms with E-state index in [9.17, 15) is 4.79 Å². The van der Waals surface area contributed by atoms with Gasteiger partial charge in [-0.05, 0) is 52.3 Å². The molecule has 2 rings (SSSR count). The number of nitrogens with zero attached hydrogens (tertiary/aromatic N) is 1. The summed E-state index contributed by atoms with van der Waals surface area (Å²) in [6.07, 6.45) is 0. The normalized spacial score (nSPS) is 10.2. The van der Waals surface area contributed by atoms with Crippen molar-refractivity contribution in [3.8, 4) is 5.75 Å². The first-order chi connectivity index (χ1) is 10.1. The van der Waals surface area contributed by atoms with E-state index < -0.39 is 0 Å². The van der Waals surface area contributed by atoms with Gasteiger partial charge in [0.1, 0.15) is 12.4 Å². The number of hydrogen-bond acceptors (Lipinski definition) is 2. The highest BCUT2D eigenvalue weighted by atomic mass is 79.9. The third-order valence-electron chi connectivity index (χ3n) is 2.96. The number of hydrogen-bond donors (Lipinski definition) is 0. The number of ether oxygens (including phenoxy) is 1. The second-order valence-electron chi connectivity index (χ2n) is 4.51. The lowest BCUT2D eigenvalue weighted by Crippen LogP contribution is -2.31. The summed E-state index contributed by atoms with van der Waals surface area (Å²) in [6, 6.07) is 15.0. The molecule has 0 unspecified atom stereocenters. The van der Waals surface area contributed by atoms with Gasteiger partial charge in [0.2, 0.25) is 0 Å². The third-order valence-corrected chi connectivity index (χ3v) is 4.18. The molecule has 0 radical (unpaired) electrons. The Kier molecular flexibility index (Phi) is 5.82. The van der Waals surface area contributed by atoms with Crippen LogP contribution in [0.25, 0.3) is 0 Å². The predicted octanol–water partition coefficient (Wildman–Crippen LogP) is 4.36. The van der Waals surface area contributed by atoms with Gasteiger partial charge in [-0.3, -0.25) is 4.79 Å². The Bertz CT molecular complexity index is 614. The van der Waals surface area contributed by atoms with Gasteiger partial charge in [0.25, 0.3) is 5.91 Å². The molecule has 5 heteroatoms. The number of carbonyl (C=O) groups is 1. The zero-order valence-electron chi connectivity index (χ0n) is 11.6. The first kappa shape index (κ1) is 16.0.